The molecule has 3 rings (SSSR count). The number of anilines is 1. The number of benzene rings is 1. The van der Waals surface area contributed by atoms with E-state index in [0.717, 1.165) is 30.3 Å². The number of nitrogens with one attached hydrogen (secondary N) is 1. The van der Waals surface area contributed by atoms with Gasteiger partial charge in [0.05, 0.1) is 25.0 Å². The third-order valence-electron chi connectivity index (χ3n) is 4.39. The van der Waals surface area contributed by atoms with Crippen molar-refractivity contribution in [3.63, 3.8) is 0 Å². The Kier molecular flexibility index (Phi) is 6.17. The first-order valence-corrected chi connectivity index (χ1v) is 9.23. The first kappa shape index (κ1) is 18.3. The molecule has 6 nitrogen and oxygen atoms in total. The highest BCUT2D eigenvalue weighted by Gasteiger charge is 2.25. The van der Waals surface area contributed by atoms with E-state index in [1.54, 1.807) is 6.26 Å². The van der Waals surface area contributed by atoms with Crippen LogP contribution in [0, 0.1) is 0 Å². The molecule has 1 aromatic heterocycles. The van der Waals surface area contributed by atoms with Gasteiger partial charge in [0.1, 0.15) is 11.5 Å². The molecule has 0 bridgehead atoms. The summed E-state index contributed by atoms with van der Waals surface area (Å²) in [4.78, 5) is 6.95. The van der Waals surface area contributed by atoms with Crippen molar-refractivity contribution in [1.29, 1.82) is 0 Å². The lowest BCUT2D eigenvalue weighted by atomic mass is 10.2. The zero-order chi connectivity index (χ0) is 18.4. The highest BCUT2D eigenvalue weighted by Crippen LogP contribution is 2.25. The van der Waals surface area contributed by atoms with Crippen LogP contribution >= 0.6 is 0 Å². The van der Waals surface area contributed by atoms with Crippen LogP contribution in [0.5, 0.6) is 5.75 Å². The summed E-state index contributed by atoms with van der Waals surface area (Å²) in [7, 11) is 0. The van der Waals surface area contributed by atoms with Gasteiger partial charge in [0.15, 0.2) is 5.96 Å². The quantitative estimate of drug-likeness (QED) is 0.585. The van der Waals surface area contributed by atoms with E-state index in [2.05, 4.69) is 15.2 Å². The highest BCUT2D eigenvalue weighted by molar-refractivity contribution is 5.92. The summed E-state index contributed by atoms with van der Waals surface area (Å²) < 4.78 is 11.3. The van der Waals surface area contributed by atoms with Gasteiger partial charge in [-0.1, -0.05) is 0 Å². The van der Waals surface area contributed by atoms with Crippen LogP contribution in [0.4, 0.5) is 5.69 Å². The molecular weight excluding hydrogens is 328 g/mol. The number of likely N-dealkylation sites (tertiary alicyclic amines) is 1. The van der Waals surface area contributed by atoms with Crippen LogP contribution in [-0.2, 0) is 0 Å². The van der Waals surface area contributed by atoms with Gasteiger partial charge in [-0.05, 0) is 76.2 Å². The predicted molar refractivity (Wildman–Crippen MR) is 105 cm³/mol. The Bertz CT molecular complexity index is 689. The van der Waals surface area contributed by atoms with Crippen molar-refractivity contribution in [2.24, 2.45) is 10.7 Å². The average Bonchev–Trinajstić information content (AvgIpc) is 3.30. The Labute approximate surface area is 155 Å². The fourth-order valence-electron chi connectivity index (χ4n) is 3.18. The average molecular weight is 356 g/mol. The molecule has 0 amide bonds. The van der Waals surface area contributed by atoms with Crippen molar-refractivity contribution < 1.29 is 9.15 Å². The van der Waals surface area contributed by atoms with Gasteiger partial charge in [-0.25, -0.2) is 0 Å². The maximum absolute atomic E-state index is 6.08. The molecule has 1 fully saturated rings. The molecule has 1 unspecified atom stereocenters. The molecule has 1 aliphatic heterocycles. The molecule has 2 heterocycles. The second-order valence-electron chi connectivity index (χ2n) is 6.82. The van der Waals surface area contributed by atoms with E-state index in [-0.39, 0.29) is 12.1 Å². The first-order valence-electron chi connectivity index (χ1n) is 9.23. The van der Waals surface area contributed by atoms with Gasteiger partial charge >= 0.3 is 0 Å². The van der Waals surface area contributed by atoms with Crippen molar-refractivity contribution >= 4 is 11.6 Å². The van der Waals surface area contributed by atoms with Gasteiger partial charge in [-0.2, -0.15) is 0 Å². The third kappa shape index (κ3) is 5.02. The van der Waals surface area contributed by atoms with Gasteiger partial charge < -0.3 is 20.2 Å². The van der Waals surface area contributed by atoms with E-state index >= 15 is 0 Å². The number of rotatable bonds is 7. The summed E-state index contributed by atoms with van der Waals surface area (Å²) in [6, 6.07) is 11.8. The Morgan fingerprint density at radius 1 is 1.23 bits per heavy atom. The van der Waals surface area contributed by atoms with Crippen LogP contribution < -0.4 is 15.8 Å². The molecule has 0 aliphatic carbocycles. The number of furan rings is 1. The lowest BCUT2D eigenvalue weighted by Crippen LogP contribution is -2.30. The number of aliphatic imine (C=N–C) groups is 1. The highest BCUT2D eigenvalue weighted by atomic mass is 16.5. The minimum Gasteiger partial charge on any atom is -0.491 e. The Morgan fingerprint density at radius 3 is 2.58 bits per heavy atom. The zero-order valence-electron chi connectivity index (χ0n) is 15.5. The molecule has 1 aromatic carbocycles. The second kappa shape index (κ2) is 8.76. The lowest BCUT2D eigenvalue weighted by molar-refractivity contribution is 0.221. The van der Waals surface area contributed by atoms with E-state index < -0.39 is 0 Å². The molecule has 140 valence electrons. The van der Waals surface area contributed by atoms with Gasteiger partial charge in [0.25, 0.3) is 0 Å². The van der Waals surface area contributed by atoms with Crippen molar-refractivity contribution in [1.82, 2.24) is 4.90 Å². The number of nitrogens with zero attached hydrogens (tertiary/aromatic N) is 2. The number of hydrogen-bond donors (Lipinski definition) is 2. The SMILES string of the molecule is CC(C)Oc1ccc(NC(N)=NCC(c2ccco2)N2CCCC2)cc1. The standard InChI is InChI=1S/C20H28N4O2/c1-15(2)26-17-9-7-16(8-10-17)23-20(21)22-14-18(19-6-5-13-25-19)24-11-3-4-12-24/h5-10,13,15,18H,3-4,11-12,14H2,1-2H3,(H3,21,22,23). The van der Waals surface area contributed by atoms with Crippen molar-refractivity contribution in [2.45, 2.75) is 38.8 Å². The molecule has 0 radical (unpaired) electrons. The van der Waals surface area contributed by atoms with E-state index in [4.69, 9.17) is 14.9 Å². The monoisotopic (exact) mass is 356 g/mol. The van der Waals surface area contributed by atoms with Crippen LogP contribution in [0.2, 0.25) is 0 Å². The summed E-state index contributed by atoms with van der Waals surface area (Å²) in [6.45, 7) is 6.73. The number of nitrogens with two attached hydrogens (primary N) is 1. The summed E-state index contributed by atoms with van der Waals surface area (Å²) in [5.41, 5.74) is 6.97. The molecule has 0 spiro atoms. The maximum atomic E-state index is 6.08. The maximum Gasteiger partial charge on any atom is 0.193 e. The molecule has 2 aromatic rings. The van der Waals surface area contributed by atoms with Crippen LogP contribution in [0.1, 0.15) is 38.5 Å². The Hall–Kier alpha value is -2.47. The molecular formula is C20H28N4O2. The number of hydrogen-bond acceptors (Lipinski definition) is 4. The lowest BCUT2D eigenvalue weighted by Gasteiger charge is -2.24. The number of guanidine groups is 1. The smallest absolute Gasteiger partial charge is 0.193 e. The normalized spacial score (nSPS) is 16.8. The van der Waals surface area contributed by atoms with E-state index in [1.165, 1.54) is 12.8 Å². The van der Waals surface area contributed by atoms with Crippen LogP contribution in [0.15, 0.2) is 52.1 Å². The third-order valence-corrected chi connectivity index (χ3v) is 4.39. The Balaban J connectivity index is 1.61. The van der Waals surface area contributed by atoms with Crippen LogP contribution in [0.25, 0.3) is 0 Å². The minimum atomic E-state index is 0.134. The topological polar surface area (TPSA) is 76.0 Å². The van der Waals surface area contributed by atoms with Crippen LogP contribution in [0.3, 0.4) is 0 Å². The first-order chi connectivity index (χ1) is 12.6. The van der Waals surface area contributed by atoms with E-state index in [0.29, 0.717) is 12.5 Å². The van der Waals surface area contributed by atoms with Gasteiger partial charge in [-0.15, -0.1) is 0 Å². The van der Waals surface area contributed by atoms with E-state index in [9.17, 15) is 0 Å². The molecule has 26 heavy (non-hydrogen) atoms. The van der Waals surface area contributed by atoms with Crippen molar-refractivity contribution in [3.8, 4) is 5.75 Å². The molecule has 6 heteroatoms. The predicted octanol–water partition coefficient (Wildman–Crippen LogP) is 3.63. The van der Waals surface area contributed by atoms with Gasteiger partial charge in [-0.3, -0.25) is 9.89 Å². The summed E-state index contributed by atoms with van der Waals surface area (Å²) in [5, 5.41) is 3.14. The molecule has 3 N–H and O–H groups in total. The zero-order valence-corrected chi connectivity index (χ0v) is 15.5. The van der Waals surface area contributed by atoms with Crippen molar-refractivity contribution in [2.75, 3.05) is 25.0 Å². The summed E-state index contributed by atoms with van der Waals surface area (Å²) >= 11 is 0. The van der Waals surface area contributed by atoms with E-state index in [1.807, 2.05) is 50.2 Å². The second-order valence-corrected chi connectivity index (χ2v) is 6.82. The van der Waals surface area contributed by atoms with Gasteiger partial charge in [0.2, 0.25) is 0 Å². The number of ether oxygens (including phenoxy) is 1. The fourth-order valence-corrected chi connectivity index (χ4v) is 3.18. The van der Waals surface area contributed by atoms with Crippen molar-refractivity contribution in [3.05, 3.63) is 48.4 Å². The largest absolute Gasteiger partial charge is 0.491 e. The summed E-state index contributed by atoms with van der Waals surface area (Å²) in [5.74, 6) is 2.19. The summed E-state index contributed by atoms with van der Waals surface area (Å²) in [6.07, 6.45) is 4.31. The Morgan fingerprint density at radius 2 is 1.96 bits per heavy atom. The minimum absolute atomic E-state index is 0.134. The molecule has 1 aliphatic rings. The molecule has 0 saturated carbocycles. The van der Waals surface area contributed by atoms with Crippen LogP contribution in [-0.4, -0.2) is 36.6 Å². The molecule has 1 atom stereocenters. The fraction of sp³-hybridized carbons (Fsp3) is 0.450. The molecule has 1 saturated heterocycles. The van der Waals surface area contributed by atoms with Gasteiger partial charge in [0, 0.05) is 5.69 Å².